The molecule has 1 aromatic rings. The number of rotatable bonds is 4. The Hall–Kier alpha value is -1.11. The first-order chi connectivity index (χ1) is 7.77. The van der Waals surface area contributed by atoms with Crippen LogP contribution in [0.5, 0.6) is 0 Å². The number of sulfonamides is 1. The van der Waals surface area contributed by atoms with Crippen molar-refractivity contribution in [2.24, 2.45) is 0 Å². The molecule has 1 rings (SSSR count). The summed E-state index contributed by atoms with van der Waals surface area (Å²) in [6.07, 6.45) is 0. The zero-order chi connectivity index (χ0) is 13.2. The number of anilines is 1. The van der Waals surface area contributed by atoms with Crippen LogP contribution >= 0.6 is 0 Å². The Balaban J connectivity index is 3.24. The van der Waals surface area contributed by atoms with Gasteiger partial charge in [0, 0.05) is 11.7 Å². The standard InChI is InChI=1S/C11H18N2O3S/c1-7-4-10(12)9(3)11(5-7)17(15,16)13-8(2)6-14/h4-5,8,13-14H,6,12H2,1-3H3/t8-/m1/s1. The number of nitrogens with one attached hydrogen (secondary N) is 1. The lowest BCUT2D eigenvalue weighted by molar-refractivity contribution is 0.265. The Morgan fingerprint density at radius 2 is 2.00 bits per heavy atom. The summed E-state index contributed by atoms with van der Waals surface area (Å²) in [7, 11) is -3.64. The predicted octanol–water partition coefficient (Wildman–Crippen LogP) is 0.545. The van der Waals surface area contributed by atoms with Crippen LogP contribution in [0.25, 0.3) is 0 Å². The van der Waals surface area contributed by atoms with Gasteiger partial charge in [0.25, 0.3) is 0 Å². The highest BCUT2D eigenvalue weighted by Crippen LogP contribution is 2.22. The Bertz CT molecular complexity index is 512. The summed E-state index contributed by atoms with van der Waals surface area (Å²) in [5.41, 5.74) is 7.49. The van der Waals surface area contributed by atoms with Gasteiger partial charge in [-0.2, -0.15) is 0 Å². The second-order valence-corrected chi connectivity index (χ2v) is 5.86. The molecule has 0 saturated carbocycles. The van der Waals surface area contributed by atoms with Gasteiger partial charge in [0.05, 0.1) is 11.5 Å². The summed E-state index contributed by atoms with van der Waals surface area (Å²) in [5, 5.41) is 8.87. The lowest BCUT2D eigenvalue weighted by Gasteiger charge is -2.15. The molecule has 96 valence electrons. The lowest BCUT2D eigenvalue weighted by Crippen LogP contribution is -2.35. The molecule has 0 aliphatic carbocycles. The van der Waals surface area contributed by atoms with E-state index in [1.165, 1.54) is 0 Å². The number of hydrogen-bond acceptors (Lipinski definition) is 4. The van der Waals surface area contributed by atoms with E-state index in [-0.39, 0.29) is 11.5 Å². The van der Waals surface area contributed by atoms with Gasteiger partial charge < -0.3 is 10.8 Å². The van der Waals surface area contributed by atoms with Gasteiger partial charge in [-0.25, -0.2) is 13.1 Å². The summed E-state index contributed by atoms with van der Waals surface area (Å²) in [5.74, 6) is 0. The molecule has 0 bridgehead atoms. The number of nitrogens with two attached hydrogens (primary N) is 1. The Kier molecular flexibility index (Phi) is 4.13. The molecule has 0 heterocycles. The number of aliphatic hydroxyl groups excluding tert-OH is 1. The van der Waals surface area contributed by atoms with Crippen molar-refractivity contribution < 1.29 is 13.5 Å². The van der Waals surface area contributed by atoms with Gasteiger partial charge in [-0.05, 0) is 44.0 Å². The molecule has 0 saturated heterocycles. The van der Waals surface area contributed by atoms with Crippen molar-refractivity contribution in [3.05, 3.63) is 23.3 Å². The highest BCUT2D eigenvalue weighted by Gasteiger charge is 2.20. The molecule has 0 radical (unpaired) electrons. The molecular formula is C11H18N2O3S. The third-order valence-electron chi connectivity index (χ3n) is 2.46. The maximum atomic E-state index is 12.0. The molecule has 1 aromatic carbocycles. The predicted molar refractivity (Wildman–Crippen MR) is 67.2 cm³/mol. The zero-order valence-corrected chi connectivity index (χ0v) is 11.0. The van der Waals surface area contributed by atoms with Crippen molar-refractivity contribution in [1.29, 1.82) is 0 Å². The van der Waals surface area contributed by atoms with E-state index in [1.807, 2.05) is 0 Å². The number of aliphatic hydroxyl groups is 1. The zero-order valence-electron chi connectivity index (χ0n) is 10.2. The summed E-state index contributed by atoms with van der Waals surface area (Å²) < 4.78 is 26.5. The van der Waals surface area contributed by atoms with Crippen LogP contribution in [0.3, 0.4) is 0 Å². The third-order valence-corrected chi connectivity index (χ3v) is 4.18. The summed E-state index contributed by atoms with van der Waals surface area (Å²) in [6.45, 7) is 4.78. The van der Waals surface area contributed by atoms with Crippen molar-refractivity contribution in [3.8, 4) is 0 Å². The van der Waals surface area contributed by atoms with E-state index in [1.54, 1.807) is 32.9 Å². The first-order valence-electron chi connectivity index (χ1n) is 5.28. The second-order valence-electron chi connectivity index (χ2n) is 4.18. The largest absolute Gasteiger partial charge is 0.398 e. The van der Waals surface area contributed by atoms with Crippen LogP contribution in [0.2, 0.25) is 0 Å². The molecule has 0 fully saturated rings. The van der Waals surface area contributed by atoms with Gasteiger partial charge in [-0.1, -0.05) is 0 Å². The van der Waals surface area contributed by atoms with Crippen molar-refractivity contribution in [2.75, 3.05) is 12.3 Å². The van der Waals surface area contributed by atoms with Gasteiger partial charge in [-0.3, -0.25) is 0 Å². The van der Waals surface area contributed by atoms with Crippen molar-refractivity contribution in [2.45, 2.75) is 31.7 Å². The normalized spacial score (nSPS) is 13.6. The lowest BCUT2D eigenvalue weighted by atomic mass is 10.1. The highest BCUT2D eigenvalue weighted by atomic mass is 32.2. The highest BCUT2D eigenvalue weighted by molar-refractivity contribution is 7.89. The van der Waals surface area contributed by atoms with Gasteiger partial charge in [0.1, 0.15) is 0 Å². The van der Waals surface area contributed by atoms with E-state index in [0.29, 0.717) is 11.3 Å². The summed E-state index contributed by atoms with van der Waals surface area (Å²) >= 11 is 0. The van der Waals surface area contributed by atoms with Crippen LogP contribution in [0.1, 0.15) is 18.1 Å². The van der Waals surface area contributed by atoms with Crippen LogP contribution in [-0.2, 0) is 10.0 Å². The van der Waals surface area contributed by atoms with Crippen molar-refractivity contribution >= 4 is 15.7 Å². The first-order valence-corrected chi connectivity index (χ1v) is 6.76. The minimum Gasteiger partial charge on any atom is -0.398 e. The maximum absolute atomic E-state index is 12.0. The van der Waals surface area contributed by atoms with Crippen LogP contribution in [0.4, 0.5) is 5.69 Å². The molecule has 0 spiro atoms. The molecule has 0 aromatic heterocycles. The first kappa shape index (κ1) is 14.0. The average molecular weight is 258 g/mol. The fraction of sp³-hybridized carbons (Fsp3) is 0.455. The topological polar surface area (TPSA) is 92.4 Å². The van der Waals surface area contributed by atoms with Crippen molar-refractivity contribution in [1.82, 2.24) is 4.72 Å². The molecule has 4 N–H and O–H groups in total. The van der Waals surface area contributed by atoms with E-state index in [0.717, 1.165) is 5.56 Å². The molecule has 0 aliphatic heterocycles. The van der Waals surface area contributed by atoms with Gasteiger partial charge >= 0.3 is 0 Å². The molecule has 6 heteroatoms. The molecule has 1 atom stereocenters. The van der Waals surface area contributed by atoms with E-state index in [9.17, 15) is 8.42 Å². The van der Waals surface area contributed by atoms with E-state index >= 15 is 0 Å². The monoisotopic (exact) mass is 258 g/mol. The minimum atomic E-state index is -3.64. The van der Waals surface area contributed by atoms with Gasteiger partial charge in [0.15, 0.2) is 0 Å². The average Bonchev–Trinajstić information content (AvgIpc) is 2.22. The molecular weight excluding hydrogens is 240 g/mol. The van der Waals surface area contributed by atoms with Crippen LogP contribution < -0.4 is 10.5 Å². The number of benzene rings is 1. The van der Waals surface area contributed by atoms with Crippen LogP contribution in [0.15, 0.2) is 17.0 Å². The van der Waals surface area contributed by atoms with E-state index < -0.39 is 16.1 Å². The van der Waals surface area contributed by atoms with Crippen LogP contribution in [-0.4, -0.2) is 26.2 Å². The Labute approximate surface area is 102 Å². The molecule has 17 heavy (non-hydrogen) atoms. The van der Waals surface area contributed by atoms with Gasteiger partial charge in [-0.15, -0.1) is 0 Å². The Morgan fingerprint density at radius 3 is 2.53 bits per heavy atom. The summed E-state index contributed by atoms with van der Waals surface area (Å²) in [6, 6.07) is 2.77. The molecule has 0 aliphatic rings. The Morgan fingerprint density at radius 1 is 1.41 bits per heavy atom. The minimum absolute atomic E-state index is 0.162. The maximum Gasteiger partial charge on any atom is 0.241 e. The second kappa shape index (κ2) is 5.03. The van der Waals surface area contributed by atoms with Crippen molar-refractivity contribution in [3.63, 3.8) is 0 Å². The molecule has 0 unspecified atom stereocenters. The third kappa shape index (κ3) is 3.18. The molecule has 0 amide bonds. The molecule has 5 nitrogen and oxygen atoms in total. The smallest absolute Gasteiger partial charge is 0.241 e. The van der Waals surface area contributed by atoms with Crippen LogP contribution in [0, 0.1) is 13.8 Å². The summed E-state index contributed by atoms with van der Waals surface area (Å²) in [4.78, 5) is 0.162. The number of hydrogen-bond donors (Lipinski definition) is 3. The fourth-order valence-electron chi connectivity index (χ4n) is 1.50. The quantitative estimate of drug-likeness (QED) is 0.687. The van der Waals surface area contributed by atoms with E-state index in [4.69, 9.17) is 10.8 Å². The number of aryl methyl sites for hydroxylation is 1. The number of nitrogen functional groups attached to an aromatic ring is 1. The SMILES string of the molecule is Cc1cc(N)c(C)c(S(=O)(=O)N[C@H](C)CO)c1. The van der Waals surface area contributed by atoms with Gasteiger partial charge in [0.2, 0.25) is 10.0 Å². The van der Waals surface area contributed by atoms with E-state index in [2.05, 4.69) is 4.72 Å². The fourth-order valence-corrected chi connectivity index (χ4v) is 3.09.